The van der Waals surface area contributed by atoms with E-state index >= 15 is 0 Å². The first-order valence-electron chi connectivity index (χ1n) is 13.4. The maximum absolute atomic E-state index is 12.6. The summed E-state index contributed by atoms with van der Waals surface area (Å²) in [5, 5.41) is 31.5. The molecule has 0 amide bonds. The van der Waals surface area contributed by atoms with Crippen LogP contribution in [0.2, 0.25) is 0 Å². The highest BCUT2D eigenvalue weighted by Crippen LogP contribution is 2.27. The van der Waals surface area contributed by atoms with Gasteiger partial charge in [0.25, 0.3) is 0 Å². The Labute approximate surface area is 227 Å². The van der Waals surface area contributed by atoms with Gasteiger partial charge in [0.05, 0.1) is 18.6 Å². The molecule has 0 radical (unpaired) electrons. The van der Waals surface area contributed by atoms with Crippen molar-refractivity contribution in [2.75, 3.05) is 0 Å². The van der Waals surface area contributed by atoms with E-state index in [1.54, 1.807) is 32.1 Å². The molecule has 1 aliphatic rings. The third-order valence-corrected chi connectivity index (χ3v) is 6.68. The molecular weight excluding hydrogens is 488 g/mol. The molecule has 0 aromatic heterocycles. The van der Waals surface area contributed by atoms with Crippen molar-refractivity contribution in [1.82, 2.24) is 0 Å². The first kappa shape index (κ1) is 33.5. The van der Waals surface area contributed by atoms with E-state index in [0.717, 1.165) is 5.57 Å². The van der Waals surface area contributed by atoms with E-state index in [2.05, 4.69) is 0 Å². The number of ketones is 1. The number of Topliss-reactive ketones (excluding diaryl/α,β-unsaturated/α-hetero) is 1. The molecule has 0 saturated carbocycles. The van der Waals surface area contributed by atoms with Gasteiger partial charge < -0.3 is 24.8 Å². The van der Waals surface area contributed by atoms with Gasteiger partial charge in [-0.05, 0) is 69.2 Å². The molecule has 214 valence electrons. The molecule has 0 spiro atoms. The third-order valence-electron chi connectivity index (χ3n) is 6.68. The lowest BCUT2D eigenvalue weighted by Crippen LogP contribution is -2.42. The first-order valence-corrected chi connectivity index (χ1v) is 13.4. The highest BCUT2D eigenvalue weighted by atomic mass is 16.6. The van der Waals surface area contributed by atoms with Crippen molar-refractivity contribution < 1.29 is 39.2 Å². The van der Waals surface area contributed by atoms with E-state index in [-0.39, 0.29) is 36.9 Å². The normalized spacial score (nSPS) is 30.5. The number of hydrogen-bond donors (Lipinski definition) is 3. The second-order valence-corrected chi connectivity index (χ2v) is 10.6. The lowest BCUT2D eigenvalue weighted by atomic mass is 9.88. The Hall–Kier alpha value is -2.55. The molecule has 0 unspecified atom stereocenters. The van der Waals surface area contributed by atoms with Crippen molar-refractivity contribution >= 4 is 17.7 Å². The van der Waals surface area contributed by atoms with Crippen LogP contribution in [0, 0.1) is 11.8 Å². The Morgan fingerprint density at radius 2 is 1.92 bits per heavy atom. The van der Waals surface area contributed by atoms with Crippen LogP contribution in [0.1, 0.15) is 80.6 Å². The number of esters is 2. The van der Waals surface area contributed by atoms with Crippen LogP contribution in [-0.4, -0.2) is 63.1 Å². The van der Waals surface area contributed by atoms with E-state index in [1.165, 1.54) is 13.8 Å². The zero-order valence-corrected chi connectivity index (χ0v) is 23.8. The highest BCUT2D eigenvalue weighted by molar-refractivity contribution is 5.94. The average Bonchev–Trinajstić information content (AvgIpc) is 2.81. The molecule has 1 rings (SSSR count). The number of ether oxygens (including phenoxy) is 2. The number of cyclic esters (lactones) is 1. The Morgan fingerprint density at radius 3 is 2.53 bits per heavy atom. The van der Waals surface area contributed by atoms with Crippen LogP contribution in [0.5, 0.6) is 0 Å². The topological polar surface area (TPSA) is 130 Å². The first-order chi connectivity index (χ1) is 17.7. The van der Waals surface area contributed by atoms with Gasteiger partial charge in [-0.1, -0.05) is 45.1 Å². The lowest BCUT2D eigenvalue weighted by Gasteiger charge is -2.32. The second kappa shape index (κ2) is 15.8. The van der Waals surface area contributed by atoms with E-state index in [4.69, 9.17) is 9.47 Å². The van der Waals surface area contributed by atoms with Gasteiger partial charge in [0, 0.05) is 19.3 Å². The van der Waals surface area contributed by atoms with Crippen molar-refractivity contribution in [3.63, 3.8) is 0 Å². The van der Waals surface area contributed by atoms with Crippen LogP contribution in [-0.2, 0) is 23.9 Å². The molecule has 0 saturated heterocycles. The fourth-order valence-electron chi connectivity index (χ4n) is 4.31. The fraction of sp³-hybridized carbons (Fsp3) is 0.633. The molecule has 0 aromatic carbocycles. The summed E-state index contributed by atoms with van der Waals surface area (Å²) in [5.41, 5.74) is -0.111. The maximum atomic E-state index is 12.6. The Balaban J connectivity index is 3.09. The molecular formula is C30H46O8. The number of aliphatic hydroxyl groups excluding tert-OH is 2. The molecule has 8 nitrogen and oxygen atoms in total. The van der Waals surface area contributed by atoms with Crippen LogP contribution in [0.3, 0.4) is 0 Å². The number of rotatable bonds is 9. The summed E-state index contributed by atoms with van der Waals surface area (Å²) in [6, 6.07) is 0. The smallest absolute Gasteiger partial charge is 0.309 e. The monoisotopic (exact) mass is 534 g/mol. The van der Waals surface area contributed by atoms with E-state index < -0.39 is 42.0 Å². The van der Waals surface area contributed by atoms with Crippen LogP contribution < -0.4 is 0 Å². The molecule has 1 heterocycles. The molecule has 8 heteroatoms. The van der Waals surface area contributed by atoms with Gasteiger partial charge in [0.1, 0.15) is 17.8 Å². The zero-order chi connectivity index (χ0) is 29.0. The predicted octanol–water partition coefficient (Wildman–Crippen LogP) is 4.13. The number of hydrogen-bond acceptors (Lipinski definition) is 8. The van der Waals surface area contributed by atoms with Gasteiger partial charge in [-0.3, -0.25) is 14.4 Å². The molecule has 3 N–H and O–H groups in total. The lowest BCUT2D eigenvalue weighted by molar-refractivity contribution is -0.157. The average molecular weight is 535 g/mol. The molecule has 7 atom stereocenters. The Bertz CT molecular complexity index is 927. The SMILES string of the molecule is CCC(=O)/C(C)=C/[C@H](O)C[C@@H](C)/C=C/C=C(\C)[C@H]1OC(=O)C[C@@H](O)CC[C@@](C)(O)[C@@H](OC(C)=O)/C=C/[C@@H]1C. The van der Waals surface area contributed by atoms with E-state index in [9.17, 15) is 29.7 Å². The zero-order valence-electron chi connectivity index (χ0n) is 23.8. The van der Waals surface area contributed by atoms with Gasteiger partial charge >= 0.3 is 11.9 Å². The summed E-state index contributed by atoms with van der Waals surface area (Å²) in [6.07, 6.45) is 8.11. The third kappa shape index (κ3) is 11.9. The maximum Gasteiger partial charge on any atom is 0.309 e. The van der Waals surface area contributed by atoms with Crippen LogP contribution in [0.4, 0.5) is 0 Å². The largest absolute Gasteiger partial charge is 0.457 e. The quantitative estimate of drug-likeness (QED) is 0.174. The van der Waals surface area contributed by atoms with E-state index in [1.807, 2.05) is 39.0 Å². The minimum absolute atomic E-state index is 0.0101. The summed E-state index contributed by atoms with van der Waals surface area (Å²) in [5.74, 6) is -1.37. The standard InChI is InChI=1S/C30H46O8/c1-8-26(34)22(5)17-25(33)16-19(2)10-9-11-20(3)29-21(4)12-13-27(37-23(6)31)30(7,36)15-14-24(32)18-28(35)38-29/h9-13,17,19,21,24-25,27,29,32-33,36H,8,14-16,18H2,1-7H3/b10-9+,13-12+,20-11+,22-17+/t19-,21-,24-,25+,27-,29+,30+/m0/s1. The van der Waals surface area contributed by atoms with Crippen molar-refractivity contribution in [1.29, 1.82) is 0 Å². The predicted molar refractivity (Wildman–Crippen MR) is 146 cm³/mol. The number of carbonyl (C=O) groups is 3. The van der Waals surface area contributed by atoms with Crippen molar-refractivity contribution in [3.05, 3.63) is 47.6 Å². The summed E-state index contributed by atoms with van der Waals surface area (Å²) in [4.78, 5) is 35.9. The minimum atomic E-state index is -1.42. The van der Waals surface area contributed by atoms with Gasteiger partial charge in [-0.15, -0.1) is 0 Å². The van der Waals surface area contributed by atoms with Gasteiger partial charge in [-0.2, -0.15) is 0 Å². The van der Waals surface area contributed by atoms with Crippen LogP contribution in [0.15, 0.2) is 47.6 Å². The Morgan fingerprint density at radius 1 is 1.26 bits per heavy atom. The van der Waals surface area contributed by atoms with Crippen molar-refractivity contribution in [3.8, 4) is 0 Å². The second-order valence-electron chi connectivity index (χ2n) is 10.6. The van der Waals surface area contributed by atoms with Gasteiger partial charge in [-0.25, -0.2) is 0 Å². The molecule has 0 bridgehead atoms. The molecule has 0 aliphatic carbocycles. The van der Waals surface area contributed by atoms with Crippen LogP contribution in [0.25, 0.3) is 0 Å². The van der Waals surface area contributed by atoms with Gasteiger partial charge in [0.15, 0.2) is 5.78 Å². The highest BCUT2D eigenvalue weighted by Gasteiger charge is 2.35. The molecule has 1 aliphatic heterocycles. The number of allylic oxidation sites excluding steroid dienone is 4. The number of carbonyl (C=O) groups excluding carboxylic acids is 3. The summed E-state index contributed by atoms with van der Waals surface area (Å²) >= 11 is 0. The summed E-state index contributed by atoms with van der Waals surface area (Å²) < 4.78 is 11.1. The van der Waals surface area contributed by atoms with Crippen LogP contribution >= 0.6 is 0 Å². The molecule has 0 fully saturated rings. The van der Waals surface area contributed by atoms with E-state index in [0.29, 0.717) is 18.4 Å². The summed E-state index contributed by atoms with van der Waals surface area (Å²) in [7, 11) is 0. The van der Waals surface area contributed by atoms with Gasteiger partial charge in [0.2, 0.25) is 0 Å². The number of aliphatic hydroxyl groups is 3. The van der Waals surface area contributed by atoms with Crippen molar-refractivity contribution in [2.24, 2.45) is 11.8 Å². The Kier molecular flexibility index (Phi) is 13.9. The summed E-state index contributed by atoms with van der Waals surface area (Å²) in [6.45, 7) is 11.9. The molecule has 0 aromatic rings. The minimum Gasteiger partial charge on any atom is -0.457 e. The fourth-order valence-corrected chi connectivity index (χ4v) is 4.31. The van der Waals surface area contributed by atoms with Crippen molar-refractivity contribution in [2.45, 2.75) is 111 Å². The molecule has 38 heavy (non-hydrogen) atoms.